The zero-order valence-corrected chi connectivity index (χ0v) is 75.8. The number of benzene rings is 12. The number of aromatic carboxylic acids is 1. The van der Waals surface area contributed by atoms with E-state index in [1.165, 1.54) is 87.6 Å². The van der Waals surface area contributed by atoms with Crippen LogP contribution in [0, 0.1) is 50.8 Å². The van der Waals surface area contributed by atoms with Gasteiger partial charge in [0.05, 0.1) is 78.0 Å². The van der Waals surface area contributed by atoms with Crippen molar-refractivity contribution in [3.8, 4) is 44.5 Å². The summed E-state index contributed by atoms with van der Waals surface area (Å²) < 4.78 is 80.9. The first kappa shape index (κ1) is 92.7. The van der Waals surface area contributed by atoms with Crippen molar-refractivity contribution in [3.05, 3.63) is 384 Å². The van der Waals surface area contributed by atoms with Crippen LogP contribution in [0.25, 0.3) is 88.1 Å². The molecule has 21 heteroatoms. The first-order valence-corrected chi connectivity index (χ1v) is 44.9. The number of esters is 4. The summed E-state index contributed by atoms with van der Waals surface area (Å²) in [7, 11) is 5.53. The molecular weight excluding hydrogens is 1740 g/mol. The number of carbonyl (C=O) groups excluding carboxylic acids is 5. The minimum atomic E-state index is -1.06. The van der Waals surface area contributed by atoms with Crippen LogP contribution in [0.1, 0.15) is 135 Å². The number of aromatic amines is 1. The van der Waals surface area contributed by atoms with Gasteiger partial charge in [0.1, 0.15) is 23.3 Å². The van der Waals surface area contributed by atoms with Crippen molar-refractivity contribution in [1.82, 2.24) is 18.7 Å². The fourth-order valence-corrected chi connectivity index (χ4v) is 20.3. The average molecular weight is 1840 g/mol. The molecule has 20 rings (SSSR count). The Balaban J connectivity index is 0.000000127. The summed E-state index contributed by atoms with van der Waals surface area (Å²) >= 11 is 3.44. The van der Waals surface area contributed by atoms with Gasteiger partial charge in [0.15, 0.2) is 5.78 Å². The molecule has 16 aromatic rings. The fraction of sp³-hybridized carbons (Fsp3) is 0.225. The van der Waals surface area contributed by atoms with E-state index >= 15 is 0 Å². The number of hydrogen-bond donors (Lipinski definition) is 3. The van der Waals surface area contributed by atoms with Crippen molar-refractivity contribution < 1.29 is 70.4 Å². The van der Waals surface area contributed by atoms with Crippen molar-refractivity contribution in [3.63, 3.8) is 0 Å². The van der Waals surface area contributed by atoms with Crippen molar-refractivity contribution in [2.75, 3.05) is 28.4 Å². The lowest BCUT2D eigenvalue weighted by Crippen LogP contribution is -2.59. The van der Waals surface area contributed by atoms with Crippen LogP contribution in [0.4, 0.5) is 17.6 Å². The van der Waals surface area contributed by atoms with Crippen molar-refractivity contribution in [1.29, 1.82) is 0 Å². The molecule has 0 amide bonds. The summed E-state index contributed by atoms with van der Waals surface area (Å²) in [6.07, 6.45) is 15.2. The van der Waals surface area contributed by atoms with Gasteiger partial charge < -0.3 is 48.5 Å². The molecule has 4 fully saturated rings. The highest BCUT2D eigenvalue weighted by Gasteiger charge is 2.62. The highest BCUT2D eigenvalue weighted by molar-refractivity contribution is 9.08. The molecule has 4 aromatic heterocycles. The van der Waals surface area contributed by atoms with Crippen LogP contribution < -0.4 is 5.73 Å². The molecule has 132 heavy (non-hydrogen) atoms. The van der Waals surface area contributed by atoms with Gasteiger partial charge in [-0.25, -0.2) is 31.9 Å². The van der Waals surface area contributed by atoms with Crippen LogP contribution >= 0.6 is 15.9 Å². The first-order valence-electron chi connectivity index (χ1n) is 43.8. The second-order valence-electron chi connectivity index (χ2n) is 35.3. The smallest absolute Gasteiger partial charge is 0.340 e. The largest absolute Gasteiger partial charge is 0.478 e. The number of ketones is 1. The minimum Gasteiger partial charge on any atom is -0.478 e. The van der Waals surface area contributed by atoms with Gasteiger partial charge in [0.25, 0.3) is 0 Å². The molecule has 0 aliphatic heterocycles. The Kier molecular flexibility index (Phi) is 28.5. The van der Waals surface area contributed by atoms with E-state index in [1.807, 2.05) is 126 Å². The van der Waals surface area contributed by atoms with Crippen LogP contribution in [0.2, 0.25) is 0 Å². The molecule has 0 radical (unpaired) electrons. The summed E-state index contributed by atoms with van der Waals surface area (Å²) in [5.41, 5.74) is 23.1. The molecule has 0 saturated heterocycles. The molecule has 4 saturated carbocycles. The van der Waals surface area contributed by atoms with Gasteiger partial charge in [-0.1, -0.05) is 234 Å². The third-order valence-electron chi connectivity index (χ3n) is 25.8. The van der Waals surface area contributed by atoms with E-state index in [9.17, 15) is 51.4 Å². The Morgan fingerprint density at radius 2 is 0.689 bits per heavy atom. The van der Waals surface area contributed by atoms with E-state index in [4.69, 9.17) is 19.9 Å². The number of nitrogens with two attached hydrogens (primary N) is 1. The molecule has 12 aromatic carbocycles. The second kappa shape index (κ2) is 40.6. The number of carboxylic acids is 1. The van der Waals surface area contributed by atoms with Crippen LogP contribution in [-0.4, -0.2) is 93.9 Å². The molecule has 0 unspecified atom stereocenters. The highest BCUT2D eigenvalue weighted by Crippen LogP contribution is 2.67. The summed E-state index contributed by atoms with van der Waals surface area (Å²) in [4.78, 5) is 74.5. The fourth-order valence-electron chi connectivity index (χ4n) is 19.9. The van der Waals surface area contributed by atoms with Crippen LogP contribution in [0.5, 0.6) is 0 Å². The molecule has 4 aliphatic carbocycles. The van der Waals surface area contributed by atoms with Crippen molar-refractivity contribution in [2.24, 2.45) is 33.3 Å². The van der Waals surface area contributed by atoms with E-state index in [2.05, 4.69) is 147 Å². The number of nitrogens with one attached hydrogen (secondary N) is 1. The number of H-pyrrole nitrogens is 1. The number of aromatic nitrogens is 4. The lowest BCUT2D eigenvalue weighted by molar-refractivity contribution is -0.180. The summed E-state index contributed by atoms with van der Waals surface area (Å²) in [6.45, 7) is 5.53. The summed E-state index contributed by atoms with van der Waals surface area (Å²) in [5.74, 6) is -3.26. The highest BCUT2D eigenvalue weighted by atomic mass is 79.9. The van der Waals surface area contributed by atoms with Gasteiger partial charge in [-0.15, -0.1) is 0 Å². The van der Waals surface area contributed by atoms with E-state index in [0.29, 0.717) is 104 Å². The average Bonchev–Trinajstić information content (AvgIpc) is 1.01. The normalized spacial score (nSPS) is 18.2. The number of halogens is 5. The zero-order valence-electron chi connectivity index (χ0n) is 74.2. The zero-order chi connectivity index (χ0) is 93.0. The maximum Gasteiger partial charge on any atom is 0.340 e. The summed E-state index contributed by atoms with van der Waals surface area (Å²) in [5, 5.41) is 11.9. The topological polar surface area (TPSA) is 216 Å². The molecule has 2 spiro atoms. The Morgan fingerprint density at radius 3 is 1.04 bits per heavy atom. The Labute approximate surface area is 772 Å². The van der Waals surface area contributed by atoms with E-state index in [0.717, 1.165) is 107 Å². The first-order chi connectivity index (χ1) is 63.7. The standard InChI is InChI=1S/C33H32FNO3.C23H18FNO2.C22H16FNO2.C13H11Br.C10H8FNO2.C10H17NO2/c1-32(31(37)38-2)20-33(21-32)17-23(18-33)16-29(36)27-12-13-28(34)26-14-15-35(30(26)27)19-22-8-10-25(11-9-22)24-6-4-3-5-7-24;1-27-23(26)20-11-12-21(24)19-13-14-25(22(19)20)15-16-7-9-18(10-8-16)17-5-3-2-4-6-17;23-20-11-10-19(22(25)26)21-18(20)12-13-24(21)14-15-6-8-17(9-7-15)16-4-2-1-3-5-16;14-10-11-6-8-13(9-7-11)12-4-2-1-3-5-12;1-14-10(13)7-2-3-8(11)6-4-5-12-9(6)7;1-9(8(12)13-2)5-10(6-9)3-7(11)4-10/h3-15,23H,16-21H2,1-2H3;2-14H,15H2,1H3;1-13H,14H2,(H,25,26);1-9H,10H2;2-5,12H,1H3;7H,3-6,11H2,1-2H3. The molecule has 4 heterocycles. The molecule has 0 bridgehead atoms. The Hall–Kier alpha value is -14.0. The van der Waals surface area contributed by atoms with Crippen molar-refractivity contribution in [2.45, 2.75) is 103 Å². The molecule has 0 atom stereocenters. The monoisotopic (exact) mass is 1840 g/mol. The second-order valence-corrected chi connectivity index (χ2v) is 35.9. The van der Waals surface area contributed by atoms with E-state index in [1.54, 1.807) is 53.5 Å². The molecule has 672 valence electrons. The Morgan fingerprint density at radius 1 is 0.379 bits per heavy atom. The van der Waals surface area contributed by atoms with E-state index in [-0.39, 0.29) is 57.0 Å². The van der Waals surface area contributed by atoms with Gasteiger partial charge in [-0.05, 0) is 222 Å². The third-order valence-corrected chi connectivity index (χ3v) is 26.5. The number of nitrogens with zero attached hydrogens (tertiary/aromatic N) is 3. The van der Waals surface area contributed by atoms with Gasteiger partial charge in [0, 0.05) is 89.3 Å². The number of carbonyl (C=O) groups is 6. The molecule has 16 nitrogen and oxygen atoms in total. The van der Waals surface area contributed by atoms with Crippen LogP contribution in [0.15, 0.2) is 316 Å². The SMILES string of the molecule is BrCc1ccc(-c2ccccc2)cc1.COC(=O)C1(C)CC2(CC(CC(=O)c3ccc(F)c4ccn(Cc5ccc(-c6ccccc6)cc5)c34)C2)C1.COC(=O)C1(C)CC2(CC(N)C2)C1.COC(=O)c1ccc(F)c2cc[nH]c12.COC(=O)c1ccc(F)c2ccn(Cc3ccc(-c4ccccc4)cc3)c12.O=C(O)c1ccc(F)c2ccn(Cc3ccc(-c4ccccc4)cc3)c12. The van der Waals surface area contributed by atoms with Crippen molar-refractivity contribution >= 4 is 95.2 Å². The predicted octanol–water partition coefficient (Wildman–Crippen LogP) is 25.3. The molecule has 4 N–H and O–H groups in total. The van der Waals surface area contributed by atoms with Gasteiger partial charge >= 0.3 is 29.8 Å². The number of Topliss-reactive ketones (excluding diaryl/α,β-unsaturated/α-hetero) is 1. The Bertz CT molecular complexity index is 6790. The van der Waals surface area contributed by atoms with Gasteiger partial charge in [-0.3, -0.25) is 14.4 Å². The van der Waals surface area contributed by atoms with Crippen LogP contribution in [-0.2, 0) is 53.5 Å². The number of fused-ring (bicyclic) bond motifs is 4. The lowest BCUT2D eigenvalue weighted by Gasteiger charge is -2.61. The quantitative estimate of drug-likeness (QED) is 0.0227. The number of alkyl halides is 1. The lowest BCUT2D eigenvalue weighted by atomic mass is 9.42. The number of carboxylic acid groups (broad SMARTS) is 1. The number of hydrogen-bond acceptors (Lipinski definition) is 11. The van der Waals surface area contributed by atoms with Gasteiger partial charge in [-0.2, -0.15) is 0 Å². The maximum atomic E-state index is 14.7. The number of rotatable bonds is 19. The number of ether oxygens (including phenoxy) is 4. The molecule has 4 aliphatic rings. The maximum absolute atomic E-state index is 14.7. The number of methoxy groups -OCH3 is 4. The minimum absolute atomic E-state index is 0.0569. The van der Waals surface area contributed by atoms with Gasteiger partial charge in [0.2, 0.25) is 0 Å². The predicted molar refractivity (Wildman–Crippen MR) is 513 cm³/mol. The summed E-state index contributed by atoms with van der Waals surface area (Å²) in [6, 6.07) is 92.2. The van der Waals surface area contributed by atoms with E-state index < -0.39 is 23.7 Å². The third kappa shape index (κ3) is 20.6. The van der Waals surface area contributed by atoms with Crippen LogP contribution in [0.3, 0.4) is 0 Å². The molecular formula is C111H102BrF4N5O11.